The number of benzene rings is 1. The van der Waals surface area contributed by atoms with Gasteiger partial charge in [0.05, 0.1) is 0 Å². The van der Waals surface area contributed by atoms with Crippen molar-refractivity contribution in [2.24, 2.45) is 11.8 Å². The predicted molar refractivity (Wildman–Crippen MR) is 98.7 cm³/mol. The van der Waals surface area contributed by atoms with Crippen LogP contribution in [0.2, 0.25) is 0 Å². The van der Waals surface area contributed by atoms with Crippen molar-refractivity contribution >= 4 is 11.6 Å². The normalized spacial score (nSPS) is 21.9. The van der Waals surface area contributed by atoms with Crippen LogP contribution in [0.5, 0.6) is 0 Å². The average molecular weight is 316 g/mol. The highest BCUT2D eigenvalue weighted by atomic mass is 16.1. The molecule has 0 heterocycles. The van der Waals surface area contributed by atoms with Crippen LogP contribution in [0, 0.1) is 11.8 Å². The van der Waals surface area contributed by atoms with E-state index < -0.39 is 0 Å². The first-order valence-corrected chi connectivity index (χ1v) is 9.31. The minimum absolute atomic E-state index is 0.152. The zero-order chi connectivity index (χ0) is 16.9. The maximum atomic E-state index is 12.5. The summed E-state index contributed by atoms with van der Waals surface area (Å²) in [5.74, 6) is 1.27. The Hall–Kier alpha value is -1.31. The largest absolute Gasteiger partial charge is 0.326 e. The lowest BCUT2D eigenvalue weighted by Crippen LogP contribution is -2.27. The van der Waals surface area contributed by atoms with Gasteiger partial charge in [0, 0.05) is 11.6 Å². The zero-order valence-electron chi connectivity index (χ0n) is 15.3. The van der Waals surface area contributed by atoms with Crippen LogP contribution in [-0.4, -0.2) is 5.91 Å². The fraction of sp³-hybridized carbons (Fsp3) is 0.667. The van der Waals surface area contributed by atoms with Crippen molar-refractivity contribution in [3.63, 3.8) is 0 Å². The summed E-state index contributed by atoms with van der Waals surface area (Å²) < 4.78 is 0. The number of anilines is 1. The topological polar surface area (TPSA) is 29.1 Å². The molecule has 2 rings (SSSR count). The molecule has 1 aliphatic carbocycles. The molecular weight excluding hydrogens is 282 g/mol. The molecule has 0 aliphatic heterocycles. The molecule has 0 atom stereocenters. The number of hydrogen-bond donors (Lipinski definition) is 1. The monoisotopic (exact) mass is 315 g/mol. The van der Waals surface area contributed by atoms with Gasteiger partial charge in [0.2, 0.25) is 5.91 Å². The Labute approximate surface area is 142 Å². The number of rotatable bonds is 5. The van der Waals surface area contributed by atoms with Gasteiger partial charge in [-0.25, -0.2) is 0 Å². The maximum Gasteiger partial charge on any atom is 0.227 e. The third-order valence-corrected chi connectivity index (χ3v) is 5.20. The minimum Gasteiger partial charge on any atom is -0.326 e. The fourth-order valence-electron chi connectivity index (χ4n) is 3.50. The van der Waals surface area contributed by atoms with Crippen LogP contribution in [0.3, 0.4) is 0 Å². The van der Waals surface area contributed by atoms with Crippen molar-refractivity contribution in [2.45, 2.75) is 78.1 Å². The molecule has 128 valence electrons. The molecule has 1 saturated carbocycles. The number of unbranched alkanes of at least 4 members (excludes halogenated alkanes) is 1. The lowest BCUT2D eigenvalue weighted by molar-refractivity contribution is -0.121. The Kier molecular flexibility index (Phi) is 6.26. The van der Waals surface area contributed by atoms with Crippen LogP contribution in [0.15, 0.2) is 24.3 Å². The van der Waals surface area contributed by atoms with Crippen molar-refractivity contribution < 1.29 is 4.79 Å². The Morgan fingerprint density at radius 2 is 1.70 bits per heavy atom. The van der Waals surface area contributed by atoms with Gasteiger partial charge in [-0.1, -0.05) is 59.1 Å². The van der Waals surface area contributed by atoms with E-state index in [1.54, 1.807) is 0 Å². The van der Waals surface area contributed by atoms with Gasteiger partial charge in [0.1, 0.15) is 0 Å². The first-order chi connectivity index (χ1) is 10.9. The van der Waals surface area contributed by atoms with Crippen LogP contribution in [-0.2, 0) is 10.2 Å². The number of amides is 1. The van der Waals surface area contributed by atoms with E-state index in [1.807, 2.05) is 12.1 Å². The molecular formula is C21H33NO. The third-order valence-electron chi connectivity index (χ3n) is 5.20. The van der Waals surface area contributed by atoms with E-state index in [-0.39, 0.29) is 17.2 Å². The molecule has 0 bridgehead atoms. The van der Waals surface area contributed by atoms with Crippen molar-refractivity contribution in [2.75, 3.05) is 5.32 Å². The van der Waals surface area contributed by atoms with E-state index in [9.17, 15) is 4.79 Å². The van der Waals surface area contributed by atoms with E-state index in [0.29, 0.717) is 0 Å². The second-order valence-corrected chi connectivity index (χ2v) is 8.18. The molecule has 23 heavy (non-hydrogen) atoms. The maximum absolute atomic E-state index is 12.5. The summed E-state index contributed by atoms with van der Waals surface area (Å²) in [5, 5.41) is 3.11. The lowest BCUT2D eigenvalue weighted by Gasteiger charge is -2.27. The summed E-state index contributed by atoms with van der Waals surface area (Å²) in [6.45, 7) is 8.87. The average Bonchev–Trinajstić information content (AvgIpc) is 2.53. The summed E-state index contributed by atoms with van der Waals surface area (Å²) >= 11 is 0. The van der Waals surface area contributed by atoms with Crippen LogP contribution >= 0.6 is 0 Å². The quantitative estimate of drug-likeness (QED) is 0.718. The molecule has 1 aromatic rings. The Morgan fingerprint density at radius 3 is 2.22 bits per heavy atom. The fourth-order valence-corrected chi connectivity index (χ4v) is 3.50. The van der Waals surface area contributed by atoms with Gasteiger partial charge in [-0.3, -0.25) is 4.79 Å². The summed E-state index contributed by atoms with van der Waals surface area (Å²) in [6.07, 6.45) is 8.52. The molecule has 1 aromatic carbocycles. The predicted octanol–water partition coefficient (Wildman–Crippen LogP) is 5.92. The van der Waals surface area contributed by atoms with E-state index >= 15 is 0 Å². The highest BCUT2D eigenvalue weighted by molar-refractivity contribution is 5.92. The molecule has 0 saturated heterocycles. The smallest absolute Gasteiger partial charge is 0.227 e. The van der Waals surface area contributed by atoms with Gasteiger partial charge in [-0.2, -0.15) is 0 Å². The van der Waals surface area contributed by atoms with Crippen LogP contribution in [0.25, 0.3) is 0 Å². The summed E-state index contributed by atoms with van der Waals surface area (Å²) in [5.41, 5.74) is 2.38. The van der Waals surface area contributed by atoms with Crippen LogP contribution in [0.4, 0.5) is 5.69 Å². The molecule has 1 N–H and O–H groups in total. The zero-order valence-corrected chi connectivity index (χ0v) is 15.3. The molecule has 1 amide bonds. The van der Waals surface area contributed by atoms with Gasteiger partial charge in [-0.05, 0) is 54.7 Å². The molecule has 0 radical (unpaired) electrons. The van der Waals surface area contributed by atoms with E-state index in [0.717, 1.165) is 24.4 Å². The van der Waals surface area contributed by atoms with Gasteiger partial charge in [0.15, 0.2) is 0 Å². The van der Waals surface area contributed by atoms with Crippen molar-refractivity contribution in [3.05, 3.63) is 29.8 Å². The molecule has 0 unspecified atom stereocenters. The standard InChI is InChI=1S/C21H33NO/c1-5-6-7-16-8-10-17(11-9-16)20(23)22-19-14-12-18(13-15-19)21(2,3)4/h12-17H,5-11H2,1-4H3,(H,22,23). The van der Waals surface area contributed by atoms with Crippen molar-refractivity contribution in [3.8, 4) is 0 Å². The van der Waals surface area contributed by atoms with Gasteiger partial charge < -0.3 is 5.32 Å². The number of nitrogens with one attached hydrogen (secondary N) is 1. The molecule has 1 aliphatic rings. The highest BCUT2D eigenvalue weighted by Gasteiger charge is 2.26. The Bertz CT molecular complexity index is 490. The van der Waals surface area contributed by atoms with Crippen molar-refractivity contribution in [1.82, 2.24) is 0 Å². The number of carbonyl (C=O) groups is 1. The molecule has 2 heteroatoms. The second-order valence-electron chi connectivity index (χ2n) is 8.18. The van der Waals surface area contributed by atoms with Crippen LogP contribution < -0.4 is 5.32 Å². The summed E-state index contributed by atoms with van der Waals surface area (Å²) in [7, 11) is 0. The molecule has 0 spiro atoms. The van der Waals surface area contributed by atoms with Gasteiger partial charge in [0.25, 0.3) is 0 Å². The minimum atomic E-state index is 0.152. The van der Waals surface area contributed by atoms with Crippen LogP contribution in [0.1, 0.15) is 78.2 Å². The Balaban J connectivity index is 1.83. The third kappa shape index (κ3) is 5.37. The summed E-state index contributed by atoms with van der Waals surface area (Å²) in [6, 6.07) is 8.31. The Morgan fingerprint density at radius 1 is 1.09 bits per heavy atom. The molecule has 1 fully saturated rings. The number of hydrogen-bond acceptors (Lipinski definition) is 1. The first-order valence-electron chi connectivity index (χ1n) is 9.31. The van der Waals surface area contributed by atoms with E-state index in [4.69, 9.17) is 0 Å². The SMILES string of the molecule is CCCCC1CCC(C(=O)Nc2ccc(C(C)(C)C)cc2)CC1. The molecule has 2 nitrogen and oxygen atoms in total. The van der Waals surface area contributed by atoms with Gasteiger partial charge >= 0.3 is 0 Å². The summed E-state index contributed by atoms with van der Waals surface area (Å²) in [4.78, 5) is 12.5. The van der Waals surface area contributed by atoms with E-state index in [2.05, 4.69) is 45.1 Å². The molecule has 0 aromatic heterocycles. The van der Waals surface area contributed by atoms with E-state index in [1.165, 1.54) is 37.7 Å². The van der Waals surface area contributed by atoms with Gasteiger partial charge in [-0.15, -0.1) is 0 Å². The second kappa shape index (κ2) is 7.99. The highest BCUT2D eigenvalue weighted by Crippen LogP contribution is 2.32. The number of carbonyl (C=O) groups excluding carboxylic acids is 1. The first kappa shape index (κ1) is 18.0. The lowest BCUT2D eigenvalue weighted by atomic mass is 9.79. The van der Waals surface area contributed by atoms with Crippen molar-refractivity contribution in [1.29, 1.82) is 0 Å².